The quantitative estimate of drug-likeness (QED) is 0.802. The van der Waals surface area contributed by atoms with Crippen LogP contribution in [0.4, 0.5) is 11.6 Å². The molecule has 1 aromatic rings. The van der Waals surface area contributed by atoms with Crippen LogP contribution in [0.1, 0.15) is 32.8 Å². The van der Waals surface area contributed by atoms with Crippen LogP contribution in [0.15, 0.2) is 6.33 Å². The van der Waals surface area contributed by atoms with E-state index in [1.54, 1.807) is 6.33 Å². The van der Waals surface area contributed by atoms with E-state index in [4.69, 9.17) is 0 Å². The molecular formula is C12H22N4. The highest BCUT2D eigenvalue weighted by molar-refractivity contribution is 5.58. The highest BCUT2D eigenvalue weighted by Gasteiger charge is 2.11. The van der Waals surface area contributed by atoms with Crippen molar-refractivity contribution in [3.05, 3.63) is 11.9 Å². The molecule has 1 aromatic heterocycles. The molecule has 0 radical (unpaired) electrons. The van der Waals surface area contributed by atoms with Crippen molar-refractivity contribution >= 4 is 11.6 Å². The van der Waals surface area contributed by atoms with Crippen molar-refractivity contribution in [1.82, 2.24) is 9.97 Å². The van der Waals surface area contributed by atoms with Gasteiger partial charge in [0.25, 0.3) is 0 Å². The maximum Gasteiger partial charge on any atom is 0.137 e. The third kappa shape index (κ3) is 2.84. The standard InChI is InChI=1S/C12H22N4/c1-5-8-13-11-10(6-2)12(15-9-14-11)16(4)7-3/h9H,5-8H2,1-4H3,(H,13,14,15). The molecule has 0 saturated heterocycles. The highest BCUT2D eigenvalue weighted by Crippen LogP contribution is 2.22. The Morgan fingerprint density at radius 2 is 2.00 bits per heavy atom. The van der Waals surface area contributed by atoms with Crippen LogP contribution in [-0.4, -0.2) is 30.1 Å². The summed E-state index contributed by atoms with van der Waals surface area (Å²) in [5.74, 6) is 2.02. The number of nitrogens with one attached hydrogen (secondary N) is 1. The summed E-state index contributed by atoms with van der Waals surface area (Å²) in [5, 5.41) is 3.36. The van der Waals surface area contributed by atoms with Crippen LogP contribution in [0.25, 0.3) is 0 Å². The summed E-state index contributed by atoms with van der Waals surface area (Å²) < 4.78 is 0. The van der Waals surface area contributed by atoms with Gasteiger partial charge in [0.2, 0.25) is 0 Å². The molecule has 0 saturated carbocycles. The zero-order valence-corrected chi connectivity index (χ0v) is 10.7. The molecule has 0 aliphatic heterocycles. The van der Waals surface area contributed by atoms with Crippen molar-refractivity contribution in [3.63, 3.8) is 0 Å². The second kappa shape index (κ2) is 6.30. The molecule has 1 rings (SSSR count). The Bertz CT molecular complexity index is 325. The average molecular weight is 222 g/mol. The third-order valence-electron chi connectivity index (χ3n) is 2.65. The lowest BCUT2D eigenvalue weighted by molar-refractivity contribution is 0.893. The van der Waals surface area contributed by atoms with E-state index in [2.05, 4.69) is 48.0 Å². The molecule has 4 heteroatoms. The molecule has 16 heavy (non-hydrogen) atoms. The molecule has 1 heterocycles. The Balaban J connectivity index is 3.00. The molecule has 90 valence electrons. The largest absolute Gasteiger partial charge is 0.370 e. The van der Waals surface area contributed by atoms with Crippen molar-refractivity contribution in [2.45, 2.75) is 33.6 Å². The smallest absolute Gasteiger partial charge is 0.137 e. The number of nitrogens with zero attached hydrogens (tertiary/aromatic N) is 3. The van der Waals surface area contributed by atoms with Gasteiger partial charge in [0, 0.05) is 25.7 Å². The molecule has 0 amide bonds. The number of hydrogen-bond acceptors (Lipinski definition) is 4. The van der Waals surface area contributed by atoms with E-state index >= 15 is 0 Å². The maximum absolute atomic E-state index is 4.36. The van der Waals surface area contributed by atoms with Gasteiger partial charge in [-0.15, -0.1) is 0 Å². The van der Waals surface area contributed by atoms with E-state index in [1.165, 1.54) is 5.56 Å². The number of rotatable bonds is 6. The van der Waals surface area contributed by atoms with Gasteiger partial charge in [0.1, 0.15) is 18.0 Å². The summed E-state index contributed by atoms with van der Waals surface area (Å²) in [7, 11) is 2.06. The first-order valence-corrected chi connectivity index (χ1v) is 6.03. The monoisotopic (exact) mass is 222 g/mol. The average Bonchev–Trinajstić information content (AvgIpc) is 2.34. The molecule has 0 aliphatic carbocycles. The number of hydrogen-bond donors (Lipinski definition) is 1. The zero-order valence-electron chi connectivity index (χ0n) is 10.7. The minimum atomic E-state index is 0.951. The lowest BCUT2D eigenvalue weighted by Crippen LogP contribution is -2.20. The number of aromatic nitrogens is 2. The summed E-state index contributed by atoms with van der Waals surface area (Å²) in [5.41, 5.74) is 1.21. The Labute approximate surface area is 98.1 Å². The van der Waals surface area contributed by atoms with Crippen LogP contribution < -0.4 is 10.2 Å². The fourth-order valence-corrected chi connectivity index (χ4v) is 1.60. The summed E-state index contributed by atoms with van der Waals surface area (Å²) >= 11 is 0. The van der Waals surface area contributed by atoms with Crippen molar-refractivity contribution < 1.29 is 0 Å². The topological polar surface area (TPSA) is 41.1 Å². The Morgan fingerprint density at radius 3 is 2.56 bits per heavy atom. The van der Waals surface area contributed by atoms with Crippen LogP contribution in [0.3, 0.4) is 0 Å². The first kappa shape index (κ1) is 12.7. The fourth-order valence-electron chi connectivity index (χ4n) is 1.60. The van der Waals surface area contributed by atoms with Gasteiger partial charge in [0.15, 0.2) is 0 Å². The van der Waals surface area contributed by atoms with Crippen LogP contribution >= 0.6 is 0 Å². The van der Waals surface area contributed by atoms with E-state index in [-0.39, 0.29) is 0 Å². The summed E-state index contributed by atoms with van der Waals surface area (Å²) in [6.45, 7) is 8.33. The molecule has 0 aliphatic rings. The summed E-state index contributed by atoms with van der Waals surface area (Å²) in [4.78, 5) is 10.8. The predicted molar refractivity (Wildman–Crippen MR) is 69.1 cm³/mol. The molecule has 0 spiro atoms. The Hall–Kier alpha value is -1.32. The van der Waals surface area contributed by atoms with Gasteiger partial charge < -0.3 is 10.2 Å². The number of anilines is 2. The second-order valence-electron chi connectivity index (χ2n) is 3.82. The van der Waals surface area contributed by atoms with E-state index in [9.17, 15) is 0 Å². The van der Waals surface area contributed by atoms with Crippen LogP contribution in [0.5, 0.6) is 0 Å². The van der Waals surface area contributed by atoms with E-state index in [1.807, 2.05) is 0 Å². The molecule has 0 aromatic carbocycles. The first-order valence-electron chi connectivity index (χ1n) is 6.03. The van der Waals surface area contributed by atoms with E-state index < -0.39 is 0 Å². The van der Waals surface area contributed by atoms with Crippen LogP contribution in [0.2, 0.25) is 0 Å². The van der Waals surface area contributed by atoms with Gasteiger partial charge in [-0.05, 0) is 19.8 Å². The van der Waals surface area contributed by atoms with Gasteiger partial charge in [-0.2, -0.15) is 0 Å². The summed E-state index contributed by atoms with van der Waals surface area (Å²) in [6, 6.07) is 0. The summed E-state index contributed by atoms with van der Waals surface area (Å²) in [6.07, 6.45) is 3.69. The maximum atomic E-state index is 4.36. The second-order valence-corrected chi connectivity index (χ2v) is 3.82. The van der Waals surface area contributed by atoms with Gasteiger partial charge in [-0.1, -0.05) is 13.8 Å². The van der Waals surface area contributed by atoms with Crippen molar-refractivity contribution in [2.75, 3.05) is 30.4 Å². The predicted octanol–water partition coefficient (Wildman–Crippen LogP) is 2.32. The normalized spacial score (nSPS) is 10.2. The van der Waals surface area contributed by atoms with Crippen LogP contribution in [-0.2, 0) is 6.42 Å². The Morgan fingerprint density at radius 1 is 1.25 bits per heavy atom. The van der Waals surface area contributed by atoms with Gasteiger partial charge in [0.05, 0.1) is 0 Å². The van der Waals surface area contributed by atoms with Gasteiger partial charge >= 0.3 is 0 Å². The van der Waals surface area contributed by atoms with Gasteiger partial charge in [-0.3, -0.25) is 0 Å². The van der Waals surface area contributed by atoms with Gasteiger partial charge in [-0.25, -0.2) is 9.97 Å². The van der Waals surface area contributed by atoms with Crippen molar-refractivity contribution in [3.8, 4) is 0 Å². The fraction of sp³-hybridized carbons (Fsp3) is 0.667. The van der Waals surface area contributed by atoms with Crippen molar-refractivity contribution in [2.24, 2.45) is 0 Å². The third-order valence-corrected chi connectivity index (χ3v) is 2.65. The minimum Gasteiger partial charge on any atom is -0.370 e. The molecule has 1 N–H and O–H groups in total. The zero-order chi connectivity index (χ0) is 12.0. The SMILES string of the molecule is CCCNc1ncnc(N(C)CC)c1CC. The molecule has 0 fully saturated rings. The van der Waals surface area contributed by atoms with E-state index in [0.717, 1.165) is 37.6 Å². The highest BCUT2D eigenvalue weighted by atomic mass is 15.2. The molecular weight excluding hydrogens is 200 g/mol. The van der Waals surface area contributed by atoms with Crippen LogP contribution in [0, 0.1) is 0 Å². The lowest BCUT2D eigenvalue weighted by Gasteiger charge is -2.20. The molecule has 4 nitrogen and oxygen atoms in total. The Kier molecular flexibility index (Phi) is 5.02. The molecule has 0 unspecified atom stereocenters. The molecule has 0 bridgehead atoms. The lowest BCUT2D eigenvalue weighted by atomic mass is 10.2. The molecule has 0 atom stereocenters. The minimum absolute atomic E-state index is 0.951. The van der Waals surface area contributed by atoms with E-state index in [0.29, 0.717) is 0 Å². The van der Waals surface area contributed by atoms with Crippen molar-refractivity contribution in [1.29, 1.82) is 0 Å². The first-order chi connectivity index (χ1) is 7.74.